The van der Waals surface area contributed by atoms with Crippen LogP contribution in [0.4, 0.5) is 5.69 Å². The van der Waals surface area contributed by atoms with E-state index in [1.807, 2.05) is 12.1 Å². The van der Waals surface area contributed by atoms with E-state index in [0.29, 0.717) is 0 Å². The molecule has 0 atom stereocenters. The summed E-state index contributed by atoms with van der Waals surface area (Å²) in [5, 5.41) is 3.30. The van der Waals surface area contributed by atoms with Gasteiger partial charge in [0.1, 0.15) is 0 Å². The van der Waals surface area contributed by atoms with E-state index < -0.39 is 0 Å². The van der Waals surface area contributed by atoms with Gasteiger partial charge in [-0.3, -0.25) is 4.79 Å². The lowest BCUT2D eigenvalue weighted by molar-refractivity contribution is -0.0366. The molecule has 1 amide bonds. The van der Waals surface area contributed by atoms with Crippen molar-refractivity contribution in [1.82, 2.24) is 10.2 Å². The molecule has 1 aromatic carbocycles. The van der Waals surface area contributed by atoms with Crippen molar-refractivity contribution in [2.75, 3.05) is 31.1 Å². The number of nitrogens with one attached hydrogen (secondary N) is 1. The highest BCUT2D eigenvalue weighted by Gasteiger charge is 2.53. The molecule has 1 aliphatic heterocycles. The minimum atomic E-state index is 0.0618. The lowest BCUT2D eigenvalue weighted by Gasteiger charge is -2.57. The number of amides is 1. The first-order valence-electron chi connectivity index (χ1n) is 12.6. The maximum atomic E-state index is 12.8. The van der Waals surface area contributed by atoms with Crippen molar-refractivity contribution in [3.05, 3.63) is 29.8 Å². The molecule has 1 heterocycles. The van der Waals surface area contributed by atoms with Crippen LogP contribution in [0.1, 0.15) is 83.5 Å². The fourth-order valence-corrected chi connectivity index (χ4v) is 6.73. The highest BCUT2D eigenvalue weighted by atomic mass is 16.1. The zero-order valence-corrected chi connectivity index (χ0v) is 20.4. The van der Waals surface area contributed by atoms with E-state index in [9.17, 15) is 4.79 Å². The van der Waals surface area contributed by atoms with Crippen LogP contribution in [0, 0.1) is 16.7 Å². The first-order chi connectivity index (χ1) is 14.7. The zero-order chi connectivity index (χ0) is 22.2. The first-order valence-corrected chi connectivity index (χ1v) is 12.6. The molecule has 1 saturated heterocycles. The number of anilines is 1. The predicted molar refractivity (Wildman–Crippen MR) is 130 cm³/mol. The summed E-state index contributed by atoms with van der Waals surface area (Å²) in [6.45, 7) is 16.1. The van der Waals surface area contributed by atoms with E-state index >= 15 is 0 Å². The van der Waals surface area contributed by atoms with Crippen molar-refractivity contribution < 1.29 is 4.79 Å². The summed E-state index contributed by atoms with van der Waals surface area (Å²) in [5.74, 6) is 0.891. The van der Waals surface area contributed by atoms with Crippen molar-refractivity contribution >= 4 is 11.6 Å². The van der Waals surface area contributed by atoms with Crippen molar-refractivity contribution in [2.24, 2.45) is 16.7 Å². The highest BCUT2D eigenvalue weighted by molar-refractivity contribution is 5.95. The quantitative estimate of drug-likeness (QED) is 0.641. The Hall–Kier alpha value is -1.55. The van der Waals surface area contributed by atoms with Gasteiger partial charge in [-0.05, 0) is 79.7 Å². The zero-order valence-electron chi connectivity index (χ0n) is 20.4. The van der Waals surface area contributed by atoms with Gasteiger partial charge in [-0.15, -0.1) is 0 Å². The molecule has 3 fully saturated rings. The molecule has 4 rings (SSSR count). The SMILES string of the molecule is CCN(CC1CCN(c2ccc(C(=O)NC3C(C)(C)CC3(C)C)cc2)CC1)C1CCC1. The lowest BCUT2D eigenvalue weighted by atomic mass is 9.52. The Kier molecular flexibility index (Phi) is 6.40. The van der Waals surface area contributed by atoms with Gasteiger partial charge in [0.2, 0.25) is 0 Å². The van der Waals surface area contributed by atoms with Crippen LogP contribution < -0.4 is 10.2 Å². The highest BCUT2D eigenvalue weighted by Crippen LogP contribution is 2.53. The Balaban J connectivity index is 1.28. The number of benzene rings is 1. The Morgan fingerprint density at radius 3 is 2.13 bits per heavy atom. The number of hydrogen-bond donors (Lipinski definition) is 1. The van der Waals surface area contributed by atoms with Crippen molar-refractivity contribution in [3.63, 3.8) is 0 Å². The van der Waals surface area contributed by atoms with Crippen molar-refractivity contribution in [1.29, 1.82) is 0 Å². The molecule has 31 heavy (non-hydrogen) atoms. The fraction of sp³-hybridized carbons (Fsp3) is 0.741. The second kappa shape index (κ2) is 8.77. The summed E-state index contributed by atoms with van der Waals surface area (Å²) in [5.41, 5.74) is 2.38. The Labute approximate surface area is 189 Å². The number of carbonyl (C=O) groups excluding carboxylic acids is 1. The van der Waals surface area contributed by atoms with Crippen LogP contribution in [0.15, 0.2) is 24.3 Å². The summed E-state index contributed by atoms with van der Waals surface area (Å²) in [6.07, 6.45) is 7.93. The minimum absolute atomic E-state index is 0.0618. The van der Waals surface area contributed by atoms with Gasteiger partial charge in [0.05, 0.1) is 0 Å². The van der Waals surface area contributed by atoms with Gasteiger partial charge < -0.3 is 15.1 Å². The second-order valence-electron chi connectivity index (χ2n) is 11.7. The summed E-state index contributed by atoms with van der Waals surface area (Å²) in [4.78, 5) is 18.1. The summed E-state index contributed by atoms with van der Waals surface area (Å²) in [7, 11) is 0. The van der Waals surface area contributed by atoms with Crippen LogP contribution in [0.25, 0.3) is 0 Å². The van der Waals surface area contributed by atoms with Crippen molar-refractivity contribution in [3.8, 4) is 0 Å². The number of nitrogens with zero attached hydrogens (tertiary/aromatic N) is 2. The normalized spacial score (nSPS) is 24.0. The molecule has 0 spiro atoms. The molecular formula is C27H43N3O. The van der Waals surface area contributed by atoms with Crippen molar-refractivity contribution in [2.45, 2.75) is 85.2 Å². The van der Waals surface area contributed by atoms with E-state index in [2.05, 4.69) is 61.9 Å². The number of hydrogen-bond acceptors (Lipinski definition) is 3. The van der Waals surface area contributed by atoms with Crippen LogP contribution >= 0.6 is 0 Å². The molecule has 1 N–H and O–H groups in total. The van der Waals surface area contributed by atoms with Crippen LogP contribution in [0.3, 0.4) is 0 Å². The predicted octanol–water partition coefficient (Wildman–Crippen LogP) is 5.33. The number of rotatable bonds is 7. The van der Waals surface area contributed by atoms with Gasteiger partial charge in [-0.25, -0.2) is 0 Å². The number of carbonyl (C=O) groups is 1. The molecule has 2 saturated carbocycles. The molecule has 172 valence electrons. The molecule has 0 unspecified atom stereocenters. The molecule has 0 aromatic heterocycles. The largest absolute Gasteiger partial charge is 0.372 e. The average Bonchev–Trinajstić information content (AvgIpc) is 2.69. The van der Waals surface area contributed by atoms with Gasteiger partial charge in [0, 0.05) is 43.0 Å². The molecular weight excluding hydrogens is 382 g/mol. The maximum Gasteiger partial charge on any atom is 0.251 e. The van der Waals surface area contributed by atoms with Crippen LogP contribution in [0.5, 0.6) is 0 Å². The third-order valence-electron chi connectivity index (χ3n) is 8.35. The van der Waals surface area contributed by atoms with Crippen LogP contribution in [-0.2, 0) is 0 Å². The van der Waals surface area contributed by atoms with E-state index in [1.165, 1.54) is 50.9 Å². The van der Waals surface area contributed by atoms with Gasteiger partial charge in [0.15, 0.2) is 0 Å². The van der Waals surface area contributed by atoms with E-state index in [0.717, 1.165) is 37.0 Å². The van der Waals surface area contributed by atoms with E-state index in [4.69, 9.17) is 0 Å². The molecule has 4 nitrogen and oxygen atoms in total. The summed E-state index contributed by atoms with van der Waals surface area (Å²) < 4.78 is 0. The minimum Gasteiger partial charge on any atom is -0.372 e. The lowest BCUT2D eigenvalue weighted by Crippen LogP contribution is -2.63. The Morgan fingerprint density at radius 1 is 1.03 bits per heavy atom. The number of piperidine rings is 1. The van der Waals surface area contributed by atoms with E-state index in [1.54, 1.807) is 0 Å². The molecule has 1 aromatic rings. The topological polar surface area (TPSA) is 35.6 Å². The standard InChI is InChI=1S/C27H43N3O/c1-6-29(22-8-7-9-22)18-20-14-16-30(17-15-20)23-12-10-21(11-13-23)24(31)28-25-26(2,3)19-27(25,4)5/h10-13,20,22,25H,6-9,14-19H2,1-5H3,(H,28,31). The molecule has 0 radical (unpaired) electrons. The smallest absolute Gasteiger partial charge is 0.251 e. The summed E-state index contributed by atoms with van der Waals surface area (Å²) in [6, 6.07) is 9.37. The molecule has 3 aliphatic rings. The Bertz CT molecular complexity index is 743. The summed E-state index contributed by atoms with van der Waals surface area (Å²) >= 11 is 0. The monoisotopic (exact) mass is 425 g/mol. The molecule has 4 heteroatoms. The average molecular weight is 426 g/mol. The first kappa shape index (κ1) is 22.6. The maximum absolute atomic E-state index is 12.8. The van der Waals surface area contributed by atoms with Gasteiger partial charge in [0.25, 0.3) is 5.91 Å². The van der Waals surface area contributed by atoms with E-state index in [-0.39, 0.29) is 22.8 Å². The molecule has 2 aliphatic carbocycles. The van der Waals surface area contributed by atoms with Gasteiger partial charge in [-0.2, -0.15) is 0 Å². The second-order valence-corrected chi connectivity index (χ2v) is 11.7. The third-order valence-corrected chi connectivity index (χ3v) is 8.35. The van der Waals surface area contributed by atoms with Gasteiger partial charge in [-0.1, -0.05) is 41.0 Å². The van der Waals surface area contributed by atoms with Crippen LogP contribution in [-0.4, -0.2) is 49.1 Å². The molecule has 0 bridgehead atoms. The van der Waals surface area contributed by atoms with Gasteiger partial charge >= 0.3 is 0 Å². The third kappa shape index (κ3) is 4.79. The Morgan fingerprint density at radius 2 is 1.65 bits per heavy atom. The van der Waals surface area contributed by atoms with Crippen LogP contribution in [0.2, 0.25) is 0 Å². The fourth-order valence-electron chi connectivity index (χ4n) is 6.73.